The molecule has 2 aliphatic rings. The van der Waals surface area contributed by atoms with Gasteiger partial charge in [-0.05, 0) is 56.5 Å². The molecule has 0 spiro atoms. The maximum atomic E-state index is 13.2. The molecule has 182 valence electrons. The van der Waals surface area contributed by atoms with Crippen molar-refractivity contribution in [1.82, 2.24) is 10.2 Å². The molecule has 3 atom stereocenters. The lowest BCUT2D eigenvalue weighted by molar-refractivity contribution is -0.134. The maximum Gasteiger partial charge on any atom is 0.255 e. The summed E-state index contributed by atoms with van der Waals surface area (Å²) in [6.45, 7) is 4.39. The Labute approximate surface area is 215 Å². The van der Waals surface area contributed by atoms with Gasteiger partial charge >= 0.3 is 0 Å². The van der Waals surface area contributed by atoms with E-state index < -0.39 is 5.54 Å². The first kappa shape index (κ1) is 26.3. The number of amides is 2. The van der Waals surface area contributed by atoms with Crippen LogP contribution in [0.15, 0.2) is 42.5 Å². The topological polar surface area (TPSA) is 94.5 Å². The van der Waals surface area contributed by atoms with Crippen molar-refractivity contribution in [1.29, 1.82) is 5.41 Å². The average molecular weight is 526 g/mol. The van der Waals surface area contributed by atoms with E-state index in [2.05, 4.69) is 10.6 Å². The van der Waals surface area contributed by atoms with Gasteiger partial charge in [0, 0.05) is 23.2 Å². The van der Waals surface area contributed by atoms with Gasteiger partial charge in [0.25, 0.3) is 5.91 Å². The van der Waals surface area contributed by atoms with E-state index in [1.165, 1.54) is 0 Å². The Morgan fingerprint density at radius 2 is 2.00 bits per heavy atom. The number of carbonyl (C=O) groups excluding carboxylic acids is 2. The molecule has 2 aromatic rings. The predicted octanol–water partition coefficient (Wildman–Crippen LogP) is 5.21. The molecule has 0 radical (unpaired) electrons. The summed E-state index contributed by atoms with van der Waals surface area (Å²) in [6.07, 6.45) is 1.57. The molecule has 0 unspecified atom stereocenters. The van der Waals surface area contributed by atoms with E-state index >= 15 is 0 Å². The number of hydrogen-bond donors (Lipinski definition) is 3. The summed E-state index contributed by atoms with van der Waals surface area (Å²) in [5.41, 5.74) is 0.562. The predicted molar refractivity (Wildman–Crippen MR) is 136 cm³/mol. The summed E-state index contributed by atoms with van der Waals surface area (Å²) in [5.74, 6) is -0.427. The highest BCUT2D eigenvalue weighted by molar-refractivity contribution is 6.35. The summed E-state index contributed by atoms with van der Waals surface area (Å²) in [5, 5.41) is 15.4. The van der Waals surface area contributed by atoms with Gasteiger partial charge in [0.15, 0.2) is 5.96 Å². The second kappa shape index (κ2) is 10.5. The van der Waals surface area contributed by atoms with Crippen molar-refractivity contribution in [2.24, 2.45) is 0 Å². The van der Waals surface area contributed by atoms with Crippen LogP contribution in [0.3, 0.4) is 0 Å². The van der Waals surface area contributed by atoms with Crippen molar-refractivity contribution >= 4 is 59.1 Å². The fourth-order valence-electron chi connectivity index (χ4n) is 4.51. The number of ether oxygens (including phenoxy) is 1. The van der Waals surface area contributed by atoms with E-state index in [-0.39, 0.29) is 48.7 Å². The molecule has 10 heteroatoms. The lowest BCUT2D eigenvalue weighted by Crippen LogP contribution is -2.63. The largest absolute Gasteiger partial charge is 0.378 e. The highest BCUT2D eigenvalue weighted by atomic mass is 35.5. The fraction of sp³-hybridized carbons (Fsp3) is 0.375. The molecule has 0 aromatic heterocycles. The number of rotatable bonds is 4. The molecule has 2 aliphatic heterocycles. The third kappa shape index (κ3) is 5.33. The maximum absolute atomic E-state index is 13.2. The van der Waals surface area contributed by atoms with Crippen molar-refractivity contribution in [3.05, 3.63) is 63.6 Å². The first-order valence-corrected chi connectivity index (χ1v) is 11.6. The molecule has 0 bridgehead atoms. The van der Waals surface area contributed by atoms with E-state index in [0.717, 1.165) is 0 Å². The van der Waals surface area contributed by atoms with E-state index in [9.17, 15) is 9.59 Å². The highest BCUT2D eigenvalue weighted by Crippen LogP contribution is 2.38. The third-order valence-corrected chi connectivity index (χ3v) is 6.80. The van der Waals surface area contributed by atoms with Crippen LogP contribution in [0.4, 0.5) is 5.69 Å². The Morgan fingerprint density at radius 1 is 1.26 bits per heavy atom. The minimum Gasteiger partial charge on any atom is -0.378 e. The van der Waals surface area contributed by atoms with Gasteiger partial charge < -0.3 is 15.4 Å². The first-order valence-electron chi connectivity index (χ1n) is 10.8. The molecule has 4 rings (SSSR count). The lowest BCUT2D eigenvalue weighted by atomic mass is 9.85. The zero-order valence-electron chi connectivity index (χ0n) is 18.9. The standard InChI is InChI=1S/C24H26Cl2N4O3.ClH/c1-14-11-17(9-10-33-14)30-20(31)13-24(2,29-23(30)27)18-7-4-8-19(21(18)26)28-22(32)15-5-3-6-16(25)12-15;/h3-8,12,14,17H,9-11,13H2,1-2H3,(H2,27,29)(H,28,32);1H/t14-,17-,24+;/m1./s1. The zero-order valence-corrected chi connectivity index (χ0v) is 21.2. The molecular formula is C24H27Cl3N4O3. The normalized spacial score (nSPS) is 24.8. The smallest absolute Gasteiger partial charge is 0.255 e. The first-order chi connectivity index (χ1) is 15.7. The quantitative estimate of drug-likeness (QED) is 0.511. The van der Waals surface area contributed by atoms with Crippen molar-refractivity contribution in [3.8, 4) is 0 Å². The Morgan fingerprint density at radius 3 is 2.68 bits per heavy atom. The Kier molecular flexibility index (Phi) is 8.14. The minimum atomic E-state index is -0.894. The summed E-state index contributed by atoms with van der Waals surface area (Å²) < 4.78 is 5.59. The molecular weight excluding hydrogens is 499 g/mol. The van der Waals surface area contributed by atoms with Crippen LogP contribution in [0.1, 0.15) is 49.0 Å². The molecule has 3 N–H and O–H groups in total. The minimum absolute atomic E-state index is 0. The highest BCUT2D eigenvalue weighted by Gasteiger charge is 2.43. The Balaban J connectivity index is 0.00000324. The fourth-order valence-corrected chi connectivity index (χ4v) is 5.09. The Hall–Kier alpha value is -2.32. The molecule has 2 amide bonds. The molecule has 7 nitrogen and oxygen atoms in total. The van der Waals surface area contributed by atoms with Crippen molar-refractivity contribution < 1.29 is 14.3 Å². The van der Waals surface area contributed by atoms with Gasteiger partial charge in [0.2, 0.25) is 5.91 Å². The molecule has 2 aromatic carbocycles. The van der Waals surface area contributed by atoms with Gasteiger partial charge in [0.1, 0.15) is 0 Å². The van der Waals surface area contributed by atoms with Crippen LogP contribution in [0, 0.1) is 5.41 Å². The summed E-state index contributed by atoms with van der Waals surface area (Å²) >= 11 is 12.7. The molecule has 34 heavy (non-hydrogen) atoms. The number of anilines is 1. The number of halogens is 3. The molecule has 0 saturated carbocycles. The van der Waals surface area contributed by atoms with Crippen molar-refractivity contribution in [2.45, 2.75) is 50.8 Å². The number of guanidine groups is 1. The van der Waals surface area contributed by atoms with Gasteiger partial charge in [0.05, 0.1) is 28.8 Å². The monoisotopic (exact) mass is 524 g/mol. The van der Waals surface area contributed by atoms with E-state index in [0.29, 0.717) is 46.3 Å². The SMILES string of the molecule is C[C@@H]1C[C@H](N2C(=N)N[C@](C)(c3cccc(NC(=O)c4cccc(Cl)c4)c3Cl)CC2=O)CCO1.Cl. The summed E-state index contributed by atoms with van der Waals surface area (Å²) in [7, 11) is 0. The van der Waals surface area contributed by atoms with Crippen molar-refractivity contribution in [2.75, 3.05) is 11.9 Å². The second-order valence-corrected chi connectivity index (χ2v) is 9.55. The lowest BCUT2D eigenvalue weighted by Gasteiger charge is -2.45. The zero-order chi connectivity index (χ0) is 23.8. The number of benzene rings is 2. The van der Waals surface area contributed by atoms with Crippen LogP contribution in [0.5, 0.6) is 0 Å². The second-order valence-electron chi connectivity index (χ2n) is 8.74. The average Bonchev–Trinajstić information content (AvgIpc) is 2.74. The van der Waals surface area contributed by atoms with E-state index in [4.69, 9.17) is 33.3 Å². The van der Waals surface area contributed by atoms with Gasteiger partial charge in [-0.1, -0.05) is 41.4 Å². The van der Waals surface area contributed by atoms with Gasteiger partial charge in [-0.15, -0.1) is 12.4 Å². The number of carbonyl (C=O) groups is 2. The van der Waals surface area contributed by atoms with Crippen LogP contribution >= 0.6 is 35.6 Å². The van der Waals surface area contributed by atoms with Crippen molar-refractivity contribution in [3.63, 3.8) is 0 Å². The van der Waals surface area contributed by atoms with Crippen LogP contribution in [0.2, 0.25) is 10.0 Å². The Bertz CT molecular complexity index is 1090. The number of hydrogen-bond acceptors (Lipinski definition) is 4. The van der Waals surface area contributed by atoms with Crippen LogP contribution < -0.4 is 10.6 Å². The number of nitrogens with one attached hydrogen (secondary N) is 3. The van der Waals surface area contributed by atoms with Gasteiger partial charge in [-0.25, -0.2) is 0 Å². The number of nitrogens with zero attached hydrogens (tertiary/aromatic N) is 1. The summed E-state index contributed by atoms with van der Waals surface area (Å²) in [6, 6.07) is 11.8. The van der Waals surface area contributed by atoms with Gasteiger partial charge in [-0.2, -0.15) is 0 Å². The van der Waals surface area contributed by atoms with Gasteiger partial charge in [-0.3, -0.25) is 19.9 Å². The summed E-state index contributed by atoms with van der Waals surface area (Å²) in [4.78, 5) is 27.4. The molecule has 2 saturated heterocycles. The molecule has 0 aliphatic carbocycles. The van der Waals surface area contributed by atoms with Crippen LogP contribution in [-0.4, -0.2) is 41.4 Å². The van der Waals surface area contributed by atoms with Crippen LogP contribution in [-0.2, 0) is 15.1 Å². The molecule has 2 heterocycles. The van der Waals surface area contributed by atoms with Crippen LogP contribution in [0.25, 0.3) is 0 Å². The van der Waals surface area contributed by atoms with E-state index in [1.807, 2.05) is 13.8 Å². The molecule has 2 fully saturated rings. The third-order valence-electron chi connectivity index (χ3n) is 6.16. The van der Waals surface area contributed by atoms with E-state index in [1.54, 1.807) is 47.4 Å².